The second-order valence-corrected chi connectivity index (χ2v) is 9.70. The summed E-state index contributed by atoms with van der Waals surface area (Å²) in [5.41, 5.74) is 11.2. The maximum absolute atomic E-state index is 9.88. The van der Waals surface area contributed by atoms with Crippen LogP contribution in [0.2, 0.25) is 0 Å². The number of ether oxygens (including phenoxy) is 1. The molecule has 3 aromatic rings. The minimum absolute atomic E-state index is 0.0541. The van der Waals surface area contributed by atoms with Gasteiger partial charge in [0.15, 0.2) is 5.82 Å². The number of hydrogen-bond donors (Lipinski definition) is 4. The Morgan fingerprint density at radius 1 is 1.21 bits per heavy atom. The number of anilines is 2. The maximum Gasteiger partial charge on any atom is 0.222 e. The van der Waals surface area contributed by atoms with Gasteiger partial charge >= 0.3 is 0 Å². The molecule has 182 valence electrons. The fraction of sp³-hybridized carbons (Fsp3) is 0.560. The van der Waals surface area contributed by atoms with Crippen molar-refractivity contribution in [2.45, 2.75) is 64.2 Å². The number of aliphatic hydroxyl groups excluding tert-OH is 1. The molecule has 0 radical (unpaired) electrons. The molecule has 5 rings (SSSR count). The van der Waals surface area contributed by atoms with E-state index < -0.39 is 0 Å². The Morgan fingerprint density at radius 3 is 2.76 bits per heavy atom. The first-order valence-corrected chi connectivity index (χ1v) is 12.3. The lowest BCUT2D eigenvalue weighted by Crippen LogP contribution is -2.34. The quantitative estimate of drug-likeness (QED) is 0.360. The van der Waals surface area contributed by atoms with Crippen LogP contribution in [0.4, 0.5) is 11.8 Å². The van der Waals surface area contributed by atoms with Gasteiger partial charge in [-0.1, -0.05) is 31.0 Å². The lowest BCUT2D eigenvalue weighted by atomic mass is 10.0. The SMILES string of the molecule is Cc1cc(CNC2CCOCC2)ccc1Cn1ncc2nc(N)nc(N[C@H](CO)CC3CC3)c21. The van der Waals surface area contributed by atoms with E-state index in [1.165, 1.54) is 29.5 Å². The van der Waals surface area contributed by atoms with Crippen molar-refractivity contribution in [1.29, 1.82) is 0 Å². The highest BCUT2D eigenvalue weighted by atomic mass is 16.5. The average Bonchev–Trinajstić information content (AvgIpc) is 3.57. The van der Waals surface area contributed by atoms with Crippen molar-refractivity contribution in [2.75, 3.05) is 30.9 Å². The Kier molecular flexibility index (Phi) is 6.94. The maximum atomic E-state index is 9.88. The molecule has 1 saturated carbocycles. The van der Waals surface area contributed by atoms with Crippen molar-refractivity contribution >= 4 is 22.8 Å². The summed E-state index contributed by atoms with van der Waals surface area (Å²) in [6.45, 7) is 5.36. The summed E-state index contributed by atoms with van der Waals surface area (Å²) in [5.74, 6) is 1.52. The molecule has 9 heteroatoms. The number of rotatable bonds is 10. The number of nitrogens with two attached hydrogens (primary N) is 1. The molecule has 3 heterocycles. The minimum atomic E-state index is -0.0578. The highest BCUT2D eigenvalue weighted by molar-refractivity contribution is 5.86. The largest absolute Gasteiger partial charge is 0.394 e. The van der Waals surface area contributed by atoms with Crippen molar-refractivity contribution < 1.29 is 9.84 Å². The summed E-state index contributed by atoms with van der Waals surface area (Å²) in [5, 5.41) is 21.5. The molecular formula is C25H35N7O2. The second-order valence-electron chi connectivity index (χ2n) is 9.70. The number of aryl methyl sites for hydroxylation is 1. The monoisotopic (exact) mass is 465 g/mol. The number of nitrogen functional groups attached to an aromatic ring is 1. The molecule has 0 unspecified atom stereocenters. The molecule has 1 aliphatic heterocycles. The zero-order valence-corrected chi connectivity index (χ0v) is 19.8. The van der Waals surface area contributed by atoms with Crippen LogP contribution in [-0.2, 0) is 17.8 Å². The second kappa shape index (κ2) is 10.2. The van der Waals surface area contributed by atoms with Crippen LogP contribution in [0.15, 0.2) is 24.4 Å². The van der Waals surface area contributed by atoms with Crippen molar-refractivity contribution in [3.8, 4) is 0 Å². The third-order valence-corrected chi connectivity index (χ3v) is 6.93. The lowest BCUT2D eigenvalue weighted by molar-refractivity contribution is 0.0776. The van der Waals surface area contributed by atoms with Gasteiger partial charge in [0.25, 0.3) is 0 Å². The van der Waals surface area contributed by atoms with Gasteiger partial charge in [0, 0.05) is 25.8 Å². The predicted molar refractivity (Wildman–Crippen MR) is 133 cm³/mol. The van der Waals surface area contributed by atoms with E-state index in [2.05, 4.69) is 50.8 Å². The van der Waals surface area contributed by atoms with Crippen LogP contribution in [0.25, 0.3) is 11.0 Å². The van der Waals surface area contributed by atoms with Crippen LogP contribution in [0.5, 0.6) is 0 Å². The number of benzene rings is 1. The highest BCUT2D eigenvalue weighted by Gasteiger charge is 2.26. The van der Waals surface area contributed by atoms with Crippen LogP contribution >= 0.6 is 0 Å². The lowest BCUT2D eigenvalue weighted by Gasteiger charge is -2.23. The van der Waals surface area contributed by atoms with Crippen LogP contribution in [0, 0.1) is 12.8 Å². The van der Waals surface area contributed by atoms with E-state index in [4.69, 9.17) is 10.5 Å². The van der Waals surface area contributed by atoms with Crippen LogP contribution in [-0.4, -0.2) is 56.8 Å². The molecule has 5 N–H and O–H groups in total. The van der Waals surface area contributed by atoms with Gasteiger partial charge in [-0.25, -0.2) is 4.98 Å². The van der Waals surface area contributed by atoms with Crippen molar-refractivity contribution in [3.05, 3.63) is 41.1 Å². The first-order valence-electron chi connectivity index (χ1n) is 12.3. The zero-order valence-electron chi connectivity index (χ0n) is 19.8. The highest BCUT2D eigenvalue weighted by Crippen LogP contribution is 2.34. The van der Waals surface area contributed by atoms with Gasteiger partial charge in [0.1, 0.15) is 11.0 Å². The van der Waals surface area contributed by atoms with Crippen LogP contribution in [0.3, 0.4) is 0 Å². The fourth-order valence-corrected chi connectivity index (χ4v) is 4.74. The summed E-state index contributed by atoms with van der Waals surface area (Å²) in [4.78, 5) is 8.84. The average molecular weight is 466 g/mol. The van der Waals surface area contributed by atoms with Gasteiger partial charge in [-0.2, -0.15) is 10.1 Å². The molecule has 1 aromatic carbocycles. The number of nitrogens with one attached hydrogen (secondary N) is 2. The molecule has 0 bridgehead atoms. The summed E-state index contributed by atoms with van der Waals surface area (Å²) < 4.78 is 7.37. The van der Waals surface area contributed by atoms with E-state index >= 15 is 0 Å². The molecule has 1 saturated heterocycles. The third kappa shape index (κ3) is 5.48. The first-order chi connectivity index (χ1) is 16.6. The standard InChI is InChI=1S/C25H35N7O2/c1-16-10-18(12-27-20-6-8-34-9-7-20)4-5-19(16)14-32-23-22(13-28-32)30-25(26)31-24(23)29-21(15-33)11-17-2-3-17/h4-5,10,13,17,20-21,27,33H,2-3,6-9,11-12,14-15H2,1H3,(H3,26,29,30,31)/t21-/m0/s1. The number of aliphatic hydroxyl groups is 1. The first kappa shape index (κ1) is 23.0. The third-order valence-electron chi connectivity index (χ3n) is 6.93. The molecule has 34 heavy (non-hydrogen) atoms. The molecule has 2 aromatic heterocycles. The van der Waals surface area contributed by atoms with E-state index in [0.717, 1.165) is 44.5 Å². The van der Waals surface area contributed by atoms with Gasteiger partial charge in [-0.15, -0.1) is 0 Å². The van der Waals surface area contributed by atoms with Crippen molar-refractivity contribution in [1.82, 2.24) is 25.1 Å². The van der Waals surface area contributed by atoms with Gasteiger partial charge in [-0.05, 0) is 48.8 Å². The summed E-state index contributed by atoms with van der Waals surface area (Å²) in [7, 11) is 0. The van der Waals surface area contributed by atoms with Gasteiger partial charge in [0.05, 0.1) is 25.4 Å². The molecule has 9 nitrogen and oxygen atoms in total. The Labute approximate surface area is 200 Å². The van der Waals surface area contributed by atoms with Gasteiger partial charge in [-0.3, -0.25) is 4.68 Å². The normalized spacial score (nSPS) is 17.8. The fourth-order valence-electron chi connectivity index (χ4n) is 4.74. The molecule has 1 atom stereocenters. The number of nitrogens with zero attached hydrogens (tertiary/aromatic N) is 4. The van der Waals surface area contributed by atoms with Gasteiger partial charge < -0.3 is 26.2 Å². The Hall–Kier alpha value is -2.75. The molecule has 0 spiro atoms. The Balaban J connectivity index is 1.32. The summed E-state index contributed by atoms with van der Waals surface area (Å²) in [6.07, 6.45) is 7.27. The Bertz CT molecular complexity index is 1120. The van der Waals surface area contributed by atoms with E-state index in [9.17, 15) is 5.11 Å². The van der Waals surface area contributed by atoms with Crippen LogP contribution in [0.1, 0.15) is 48.8 Å². The van der Waals surface area contributed by atoms with E-state index in [0.29, 0.717) is 29.8 Å². The van der Waals surface area contributed by atoms with E-state index in [1.807, 2.05) is 4.68 Å². The number of fused-ring (bicyclic) bond motifs is 1. The summed E-state index contributed by atoms with van der Waals surface area (Å²) >= 11 is 0. The molecular weight excluding hydrogens is 430 g/mol. The number of hydrogen-bond acceptors (Lipinski definition) is 8. The van der Waals surface area contributed by atoms with Crippen LogP contribution < -0.4 is 16.4 Å². The Morgan fingerprint density at radius 2 is 2.03 bits per heavy atom. The van der Waals surface area contributed by atoms with E-state index in [-0.39, 0.29) is 18.6 Å². The van der Waals surface area contributed by atoms with Crippen molar-refractivity contribution in [3.63, 3.8) is 0 Å². The smallest absolute Gasteiger partial charge is 0.222 e. The molecule has 2 fully saturated rings. The topological polar surface area (TPSA) is 123 Å². The van der Waals surface area contributed by atoms with Crippen molar-refractivity contribution in [2.24, 2.45) is 5.92 Å². The van der Waals surface area contributed by atoms with Gasteiger partial charge in [0.2, 0.25) is 5.95 Å². The minimum Gasteiger partial charge on any atom is -0.394 e. The predicted octanol–water partition coefficient (Wildman–Crippen LogP) is 2.61. The molecule has 0 amide bonds. The number of aromatic nitrogens is 4. The molecule has 2 aliphatic rings. The molecule has 1 aliphatic carbocycles. The van der Waals surface area contributed by atoms with E-state index in [1.54, 1.807) is 6.20 Å². The summed E-state index contributed by atoms with van der Waals surface area (Å²) in [6, 6.07) is 7.09. The zero-order chi connectivity index (χ0) is 23.5.